The Balaban J connectivity index is 1.87. The van der Waals surface area contributed by atoms with Crippen molar-refractivity contribution in [3.63, 3.8) is 0 Å². The number of aliphatic hydroxyl groups is 1. The fourth-order valence-corrected chi connectivity index (χ4v) is 4.01. The lowest BCUT2D eigenvalue weighted by molar-refractivity contribution is 0.0452. The van der Waals surface area contributed by atoms with Crippen LogP contribution in [0.15, 0.2) is 64.0 Å². The third-order valence-electron chi connectivity index (χ3n) is 3.56. The summed E-state index contributed by atoms with van der Waals surface area (Å²) < 4.78 is 30.1. The monoisotopic (exact) mass is 378 g/mol. The second-order valence-corrected chi connectivity index (χ2v) is 8.20. The molecule has 0 aliphatic carbocycles. The van der Waals surface area contributed by atoms with Gasteiger partial charge in [-0.1, -0.05) is 47.1 Å². The van der Waals surface area contributed by atoms with Gasteiger partial charge in [0.05, 0.1) is 10.6 Å². The molecule has 6 nitrogen and oxygen atoms in total. The average molecular weight is 379 g/mol. The lowest BCUT2D eigenvalue weighted by atomic mass is 10.1. The van der Waals surface area contributed by atoms with Crippen LogP contribution in [0.1, 0.15) is 12.8 Å². The van der Waals surface area contributed by atoms with Crippen LogP contribution >= 0.6 is 11.6 Å². The number of benzene rings is 2. The zero-order chi connectivity index (χ0) is 18.1. The van der Waals surface area contributed by atoms with Crippen LogP contribution in [0.3, 0.4) is 0 Å². The Morgan fingerprint density at radius 3 is 2.40 bits per heavy atom. The van der Waals surface area contributed by atoms with Gasteiger partial charge in [0, 0.05) is 10.6 Å². The SMILES string of the molecule is CC(O)(CS(=O)(=O)c1ccc(Cl)cc1)c1nc(-c2ccccc2)no1. The van der Waals surface area contributed by atoms with Gasteiger partial charge in [-0.2, -0.15) is 4.98 Å². The van der Waals surface area contributed by atoms with Crippen LogP contribution < -0.4 is 0 Å². The molecule has 0 aliphatic heterocycles. The van der Waals surface area contributed by atoms with Crippen molar-refractivity contribution in [2.24, 2.45) is 0 Å². The molecule has 3 rings (SSSR count). The smallest absolute Gasteiger partial charge is 0.259 e. The molecule has 2 aromatic carbocycles. The van der Waals surface area contributed by atoms with E-state index in [1.807, 2.05) is 18.2 Å². The Kier molecular flexibility index (Phi) is 4.64. The Labute approximate surface area is 150 Å². The lowest BCUT2D eigenvalue weighted by Crippen LogP contribution is -2.31. The zero-order valence-corrected chi connectivity index (χ0v) is 14.8. The summed E-state index contributed by atoms with van der Waals surface area (Å²) in [5.41, 5.74) is -1.13. The van der Waals surface area contributed by atoms with Crippen LogP contribution in [-0.4, -0.2) is 29.4 Å². The van der Waals surface area contributed by atoms with Crippen molar-refractivity contribution < 1.29 is 18.0 Å². The summed E-state index contributed by atoms with van der Waals surface area (Å²) in [6.45, 7) is 1.32. The normalized spacial score (nSPS) is 14.2. The second-order valence-electron chi connectivity index (χ2n) is 5.78. The van der Waals surface area contributed by atoms with Crippen LogP contribution in [-0.2, 0) is 15.4 Å². The average Bonchev–Trinajstić information content (AvgIpc) is 3.06. The van der Waals surface area contributed by atoms with E-state index in [0.29, 0.717) is 10.6 Å². The first-order chi connectivity index (χ1) is 11.8. The van der Waals surface area contributed by atoms with Gasteiger partial charge in [0.25, 0.3) is 5.89 Å². The molecule has 1 heterocycles. The zero-order valence-electron chi connectivity index (χ0n) is 13.3. The van der Waals surface area contributed by atoms with E-state index in [0.717, 1.165) is 0 Å². The highest BCUT2D eigenvalue weighted by Gasteiger charge is 2.36. The first kappa shape index (κ1) is 17.6. The van der Waals surface area contributed by atoms with Gasteiger partial charge in [-0.05, 0) is 31.2 Å². The molecule has 0 fully saturated rings. The third kappa shape index (κ3) is 3.89. The highest BCUT2D eigenvalue weighted by molar-refractivity contribution is 7.91. The second kappa shape index (κ2) is 6.59. The van der Waals surface area contributed by atoms with Crippen LogP contribution in [0, 0.1) is 0 Å². The third-order valence-corrected chi connectivity index (χ3v) is 5.75. The quantitative estimate of drug-likeness (QED) is 0.733. The van der Waals surface area contributed by atoms with Crippen molar-refractivity contribution in [1.29, 1.82) is 0 Å². The maximum absolute atomic E-state index is 12.5. The molecule has 1 atom stereocenters. The molecule has 3 aromatic rings. The van der Waals surface area contributed by atoms with E-state index in [1.165, 1.54) is 31.2 Å². The molecule has 0 saturated heterocycles. The maximum atomic E-state index is 12.5. The molecule has 1 aromatic heterocycles. The minimum absolute atomic E-state index is 0.0555. The van der Waals surface area contributed by atoms with E-state index in [-0.39, 0.29) is 16.6 Å². The van der Waals surface area contributed by atoms with Crippen molar-refractivity contribution >= 4 is 21.4 Å². The fourth-order valence-electron chi connectivity index (χ4n) is 2.30. The summed E-state index contributed by atoms with van der Waals surface area (Å²) in [5, 5.41) is 14.8. The summed E-state index contributed by atoms with van der Waals surface area (Å²) in [5.74, 6) is -0.485. The number of halogens is 1. The molecule has 0 bridgehead atoms. The van der Waals surface area contributed by atoms with Gasteiger partial charge in [0.1, 0.15) is 0 Å². The molecule has 1 N–H and O–H groups in total. The summed E-state index contributed by atoms with van der Waals surface area (Å²) in [6.07, 6.45) is 0. The van der Waals surface area contributed by atoms with Gasteiger partial charge in [-0.3, -0.25) is 0 Å². The highest BCUT2D eigenvalue weighted by Crippen LogP contribution is 2.27. The van der Waals surface area contributed by atoms with Gasteiger partial charge < -0.3 is 9.63 Å². The van der Waals surface area contributed by atoms with E-state index in [4.69, 9.17) is 16.1 Å². The number of rotatable bonds is 5. The van der Waals surface area contributed by atoms with E-state index in [9.17, 15) is 13.5 Å². The van der Waals surface area contributed by atoms with E-state index in [2.05, 4.69) is 10.1 Å². The molecule has 8 heteroatoms. The Morgan fingerprint density at radius 2 is 1.76 bits per heavy atom. The van der Waals surface area contributed by atoms with E-state index >= 15 is 0 Å². The Bertz CT molecular complexity index is 967. The topological polar surface area (TPSA) is 93.3 Å². The molecule has 0 amide bonds. The summed E-state index contributed by atoms with van der Waals surface area (Å²) in [4.78, 5) is 4.19. The van der Waals surface area contributed by atoms with Crippen LogP contribution in [0.2, 0.25) is 5.02 Å². The molecule has 0 spiro atoms. The molecule has 0 aliphatic rings. The standard InChI is InChI=1S/C17H15ClN2O4S/c1-17(21,11-25(22,23)14-9-7-13(18)8-10-14)16-19-15(20-24-16)12-5-3-2-4-6-12/h2-10,21H,11H2,1H3. The highest BCUT2D eigenvalue weighted by atomic mass is 35.5. The predicted molar refractivity (Wildman–Crippen MR) is 92.8 cm³/mol. The minimum Gasteiger partial charge on any atom is -0.379 e. The summed E-state index contributed by atoms with van der Waals surface area (Å²) in [6, 6.07) is 14.8. The van der Waals surface area contributed by atoms with Crippen LogP contribution in [0.25, 0.3) is 11.4 Å². The first-order valence-electron chi connectivity index (χ1n) is 7.38. The Hall–Kier alpha value is -2.22. The molecular formula is C17H15ClN2O4S. The fraction of sp³-hybridized carbons (Fsp3) is 0.176. The Morgan fingerprint density at radius 1 is 1.12 bits per heavy atom. The summed E-state index contributed by atoms with van der Waals surface area (Å²) >= 11 is 5.77. The molecule has 0 radical (unpaired) electrons. The molecule has 1 unspecified atom stereocenters. The minimum atomic E-state index is -3.77. The van der Waals surface area contributed by atoms with Crippen molar-refractivity contribution in [2.45, 2.75) is 17.4 Å². The predicted octanol–water partition coefficient (Wildman–Crippen LogP) is 3.07. The first-order valence-corrected chi connectivity index (χ1v) is 9.41. The van der Waals surface area contributed by atoms with Crippen molar-refractivity contribution in [3.05, 3.63) is 65.5 Å². The largest absolute Gasteiger partial charge is 0.379 e. The molecule has 0 saturated carbocycles. The van der Waals surface area contributed by atoms with Gasteiger partial charge in [-0.25, -0.2) is 8.42 Å². The van der Waals surface area contributed by atoms with Gasteiger partial charge >= 0.3 is 0 Å². The van der Waals surface area contributed by atoms with Gasteiger partial charge in [0.15, 0.2) is 15.4 Å². The number of nitrogens with zero attached hydrogens (tertiary/aromatic N) is 2. The summed E-state index contributed by atoms with van der Waals surface area (Å²) in [7, 11) is -3.77. The number of hydrogen-bond donors (Lipinski definition) is 1. The van der Waals surface area contributed by atoms with E-state index < -0.39 is 21.2 Å². The molecule has 130 valence electrons. The maximum Gasteiger partial charge on any atom is 0.259 e. The van der Waals surface area contributed by atoms with E-state index in [1.54, 1.807) is 12.1 Å². The van der Waals surface area contributed by atoms with Crippen LogP contribution in [0.5, 0.6) is 0 Å². The number of sulfone groups is 1. The van der Waals surface area contributed by atoms with Crippen molar-refractivity contribution in [1.82, 2.24) is 10.1 Å². The van der Waals surface area contributed by atoms with Gasteiger partial charge in [0.2, 0.25) is 5.82 Å². The number of aromatic nitrogens is 2. The van der Waals surface area contributed by atoms with Crippen LogP contribution in [0.4, 0.5) is 0 Å². The lowest BCUT2D eigenvalue weighted by Gasteiger charge is -2.18. The number of hydrogen-bond acceptors (Lipinski definition) is 6. The van der Waals surface area contributed by atoms with Crippen molar-refractivity contribution in [3.8, 4) is 11.4 Å². The van der Waals surface area contributed by atoms with Crippen molar-refractivity contribution in [2.75, 3.05) is 5.75 Å². The van der Waals surface area contributed by atoms with Gasteiger partial charge in [-0.15, -0.1) is 0 Å². The molecular weight excluding hydrogens is 364 g/mol. The molecule has 25 heavy (non-hydrogen) atoms.